The topological polar surface area (TPSA) is 77.1 Å². The highest BCUT2D eigenvalue weighted by Crippen LogP contribution is 2.20. The maximum Gasteiger partial charge on any atom is 0.243 e. The third-order valence-corrected chi connectivity index (χ3v) is 4.62. The van der Waals surface area contributed by atoms with E-state index in [0.717, 1.165) is 16.7 Å². The highest BCUT2D eigenvalue weighted by atomic mass is 32.2. The first kappa shape index (κ1) is 14.6. The van der Waals surface area contributed by atoms with Crippen molar-refractivity contribution in [3.05, 3.63) is 60.8 Å². The van der Waals surface area contributed by atoms with E-state index in [9.17, 15) is 8.42 Å². The standard InChI is InChI=1S/C15H15N3O3S/c1-18-10-15(9-16-18)22(19,20)17-8-12-2-4-13(5-3-12)14-6-7-21-11-14/h2-7,9-11,17H,8H2,1H3. The average Bonchev–Trinajstić information content (AvgIpc) is 3.17. The monoisotopic (exact) mass is 317 g/mol. The molecule has 0 bridgehead atoms. The van der Waals surface area contributed by atoms with Gasteiger partial charge in [-0.05, 0) is 17.2 Å². The van der Waals surface area contributed by atoms with Crippen LogP contribution >= 0.6 is 0 Å². The number of nitrogens with one attached hydrogen (secondary N) is 1. The lowest BCUT2D eigenvalue weighted by atomic mass is 10.1. The number of hydrogen-bond acceptors (Lipinski definition) is 4. The second-order valence-electron chi connectivity index (χ2n) is 4.88. The molecule has 0 aliphatic heterocycles. The number of rotatable bonds is 5. The van der Waals surface area contributed by atoms with E-state index < -0.39 is 10.0 Å². The van der Waals surface area contributed by atoms with Gasteiger partial charge in [-0.3, -0.25) is 4.68 Å². The van der Waals surface area contributed by atoms with E-state index in [4.69, 9.17) is 4.42 Å². The summed E-state index contributed by atoms with van der Waals surface area (Å²) in [5.74, 6) is 0. The Balaban J connectivity index is 1.69. The van der Waals surface area contributed by atoms with Crippen LogP contribution in [0.25, 0.3) is 11.1 Å². The fourth-order valence-electron chi connectivity index (χ4n) is 2.04. The van der Waals surface area contributed by atoms with E-state index in [-0.39, 0.29) is 11.4 Å². The number of benzene rings is 1. The predicted molar refractivity (Wildman–Crippen MR) is 81.4 cm³/mol. The second kappa shape index (κ2) is 5.78. The number of sulfonamides is 1. The van der Waals surface area contributed by atoms with Crippen LogP contribution in [0.5, 0.6) is 0 Å². The molecule has 114 valence electrons. The Labute approximate surface area is 128 Å². The Morgan fingerprint density at radius 3 is 2.55 bits per heavy atom. The molecule has 0 saturated heterocycles. The van der Waals surface area contributed by atoms with Crippen LogP contribution in [0.2, 0.25) is 0 Å². The van der Waals surface area contributed by atoms with Gasteiger partial charge in [-0.1, -0.05) is 24.3 Å². The van der Waals surface area contributed by atoms with Gasteiger partial charge >= 0.3 is 0 Å². The third kappa shape index (κ3) is 3.10. The molecule has 0 aliphatic carbocycles. The first-order chi connectivity index (χ1) is 10.5. The zero-order valence-corrected chi connectivity index (χ0v) is 12.7. The molecule has 1 aromatic carbocycles. The molecule has 22 heavy (non-hydrogen) atoms. The minimum Gasteiger partial charge on any atom is -0.472 e. The van der Waals surface area contributed by atoms with Crippen molar-refractivity contribution in [3.8, 4) is 11.1 Å². The van der Waals surface area contributed by atoms with Crippen molar-refractivity contribution >= 4 is 10.0 Å². The van der Waals surface area contributed by atoms with Gasteiger partial charge in [0.15, 0.2) is 0 Å². The van der Waals surface area contributed by atoms with Gasteiger partial charge in [0.2, 0.25) is 10.0 Å². The van der Waals surface area contributed by atoms with Crippen LogP contribution in [0.4, 0.5) is 0 Å². The van der Waals surface area contributed by atoms with Crippen LogP contribution in [0.1, 0.15) is 5.56 Å². The average molecular weight is 317 g/mol. The lowest BCUT2D eigenvalue weighted by Crippen LogP contribution is -2.22. The van der Waals surface area contributed by atoms with Crippen molar-refractivity contribution in [1.82, 2.24) is 14.5 Å². The first-order valence-electron chi connectivity index (χ1n) is 6.64. The summed E-state index contributed by atoms with van der Waals surface area (Å²) >= 11 is 0. The minimum atomic E-state index is -3.54. The summed E-state index contributed by atoms with van der Waals surface area (Å²) in [6.45, 7) is 0.225. The van der Waals surface area contributed by atoms with Crippen molar-refractivity contribution in [3.63, 3.8) is 0 Å². The van der Waals surface area contributed by atoms with Crippen molar-refractivity contribution < 1.29 is 12.8 Å². The first-order valence-corrected chi connectivity index (χ1v) is 8.13. The number of aromatic nitrogens is 2. The Bertz CT molecular complexity index is 850. The summed E-state index contributed by atoms with van der Waals surface area (Å²) in [5, 5.41) is 3.87. The molecule has 7 heteroatoms. The van der Waals surface area contributed by atoms with Gasteiger partial charge in [0.05, 0.1) is 18.7 Å². The Morgan fingerprint density at radius 2 is 1.95 bits per heavy atom. The van der Waals surface area contributed by atoms with Crippen LogP contribution in [0, 0.1) is 0 Å². The summed E-state index contributed by atoms with van der Waals surface area (Å²) in [4.78, 5) is 0.157. The van der Waals surface area contributed by atoms with Crippen LogP contribution in [-0.4, -0.2) is 18.2 Å². The van der Waals surface area contributed by atoms with E-state index in [1.807, 2.05) is 30.3 Å². The smallest absolute Gasteiger partial charge is 0.243 e. The van der Waals surface area contributed by atoms with E-state index in [1.165, 1.54) is 17.1 Å². The molecular formula is C15H15N3O3S. The molecular weight excluding hydrogens is 302 g/mol. The Kier molecular flexibility index (Phi) is 3.82. The van der Waals surface area contributed by atoms with Gasteiger partial charge in [-0.25, -0.2) is 13.1 Å². The molecule has 0 amide bonds. The summed E-state index contributed by atoms with van der Waals surface area (Å²) < 4.78 is 33.2. The van der Waals surface area contributed by atoms with Crippen LogP contribution in [0.3, 0.4) is 0 Å². The van der Waals surface area contributed by atoms with Gasteiger partial charge in [-0.2, -0.15) is 5.10 Å². The predicted octanol–water partition coefficient (Wildman–Crippen LogP) is 2.16. The molecule has 0 atom stereocenters. The van der Waals surface area contributed by atoms with Gasteiger partial charge < -0.3 is 4.42 Å². The summed E-state index contributed by atoms with van der Waals surface area (Å²) in [6.07, 6.45) is 6.07. The van der Waals surface area contributed by atoms with Crippen molar-refractivity contribution in [1.29, 1.82) is 0 Å². The zero-order chi connectivity index (χ0) is 15.6. The molecule has 0 spiro atoms. The largest absolute Gasteiger partial charge is 0.472 e. The SMILES string of the molecule is Cn1cc(S(=O)(=O)NCc2ccc(-c3ccoc3)cc2)cn1. The van der Waals surface area contributed by atoms with E-state index in [2.05, 4.69) is 9.82 Å². The molecule has 0 saturated carbocycles. The maximum atomic E-state index is 12.1. The minimum absolute atomic E-state index is 0.157. The van der Waals surface area contributed by atoms with Crippen LogP contribution in [-0.2, 0) is 23.6 Å². The molecule has 0 radical (unpaired) electrons. The number of nitrogens with zero attached hydrogens (tertiary/aromatic N) is 2. The molecule has 2 aromatic heterocycles. The molecule has 0 fully saturated rings. The zero-order valence-electron chi connectivity index (χ0n) is 11.9. The van der Waals surface area contributed by atoms with E-state index in [0.29, 0.717) is 0 Å². The fraction of sp³-hybridized carbons (Fsp3) is 0.133. The van der Waals surface area contributed by atoms with Crippen molar-refractivity contribution in [2.24, 2.45) is 7.05 Å². The third-order valence-electron chi connectivity index (χ3n) is 3.27. The van der Waals surface area contributed by atoms with Gasteiger partial charge in [0.1, 0.15) is 4.90 Å². The summed E-state index contributed by atoms with van der Waals surface area (Å²) in [6, 6.07) is 9.50. The molecule has 3 aromatic rings. The maximum absolute atomic E-state index is 12.1. The Morgan fingerprint density at radius 1 is 1.18 bits per heavy atom. The number of hydrogen-bond donors (Lipinski definition) is 1. The summed E-state index contributed by atoms with van der Waals surface area (Å²) in [7, 11) is -1.87. The quantitative estimate of drug-likeness (QED) is 0.782. The Hall–Kier alpha value is -2.38. The molecule has 2 heterocycles. The van der Waals surface area contributed by atoms with Crippen LogP contribution < -0.4 is 4.72 Å². The summed E-state index contributed by atoms with van der Waals surface area (Å²) in [5.41, 5.74) is 2.88. The molecule has 3 rings (SSSR count). The molecule has 1 N–H and O–H groups in total. The fourth-order valence-corrected chi connectivity index (χ4v) is 3.04. The normalized spacial score (nSPS) is 11.7. The number of aryl methyl sites for hydroxylation is 1. The lowest BCUT2D eigenvalue weighted by molar-refractivity contribution is 0.568. The molecule has 6 nitrogen and oxygen atoms in total. The lowest BCUT2D eigenvalue weighted by Gasteiger charge is -2.05. The van der Waals surface area contributed by atoms with E-state index in [1.54, 1.807) is 19.6 Å². The van der Waals surface area contributed by atoms with Crippen molar-refractivity contribution in [2.45, 2.75) is 11.4 Å². The van der Waals surface area contributed by atoms with E-state index >= 15 is 0 Å². The van der Waals surface area contributed by atoms with Gasteiger partial charge in [0.25, 0.3) is 0 Å². The highest BCUT2D eigenvalue weighted by molar-refractivity contribution is 7.89. The molecule has 0 unspecified atom stereocenters. The van der Waals surface area contributed by atoms with Gasteiger partial charge in [-0.15, -0.1) is 0 Å². The number of furan rings is 1. The van der Waals surface area contributed by atoms with Crippen LogP contribution in [0.15, 0.2) is 64.6 Å². The molecule has 0 aliphatic rings. The highest BCUT2D eigenvalue weighted by Gasteiger charge is 2.15. The van der Waals surface area contributed by atoms with Gasteiger partial charge in [0, 0.05) is 25.4 Å². The second-order valence-corrected chi connectivity index (χ2v) is 6.65. The van der Waals surface area contributed by atoms with Crippen molar-refractivity contribution in [2.75, 3.05) is 0 Å².